The molecular formula is C15H13Cl2NOS. The van der Waals surface area contributed by atoms with Crippen molar-refractivity contribution in [2.24, 2.45) is 0 Å². The van der Waals surface area contributed by atoms with Crippen LogP contribution in [0.4, 0.5) is 5.69 Å². The third-order valence-electron chi connectivity index (χ3n) is 2.68. The molecule has 0 atom stereocenters. The fourth-order valence-electron chi connectivity index (χ4n) is 1.65. The molecule has 0 radical (unpaired) electrons. The second-order valence-electron chi connectivity index (χ2n) is 4.20. The van der Waals surface area contributed by atoms with Crippen LogP contribution >= 0.6 is 35.0 Å². The third-order valence-corrected chi connectivity index (χ3v) is 4.67. The number of halogens is 2. The summed E-state index contributed by atoms with van der Waals surface area (Å²) in [6, 6.07) is 13.1. The largest absolute Gasteiger partial charge is 0.324 e. The maximum absolute atomic E-state index is 11.9. The maximum atomic E-state index is 11.9. The van der Waals surface area contributed by atoms with Gasteiger partial charge in [0.05, 0.1) is 21.5 Å². The topological polar surface area (TPSA) is 29.1 Å². The Morgan fingerprint density at radius 1 is 1.15 bits per heavy atom. The molecule has 2 rings (SSSR count). The number of amides is 1. The molecule has 5 heteroatoms. The van der Waals surface area contributed by atoms with Crippen LogP contribution in [-0.2, 0) is 4.79 Å². The molecule has 2 aromatic carbocycles. The van der Waals surface area contributed by atoms with Crippen molar-refractivity contribution >= 4 is 46.6 Å². The van der Waals surface area contributed by atoms with Gasteiger partial charge in [0.15, 0.2) is 0 Å². The van der Waals surface area contributed by atoms with E-state index in [1.165, 1.54) is 11.8 Å². The fourth-order valence-corrected chi connectivity index (χ4v) is 2.83. The lowest BCUT2D eigenvalue weighted by Crippen LogP contribution is -2.14. The lowest BCUT2D eigenvalue weighted by atomic mass is 10.2. The van der Waals surface area contributed by atoms with E-state index in [0.717, 1.165) is 10.5 Å². The first-order valence-electron chi connectivity index (χ1n) is 6.00. The molecule has 0 aliphatic rings. The molecule has 0 aromatic heterocycles. The van der Waals surface area contributed by atoms with Gasteiger partial charge in [-0.15, -0.1) is 11.8 Å². The van der Waals surface area contributed by atoms with Crippen LogP contribution < -0.4 is 5.32 Å². The summed E-state index contributed by atoms with van der Waals surface area (Å²) in [4.78, 5) is 13.0. The van der Waals surface area contributed by atoms with Crippen molar-refractivity contribution < 1.29 is 4.79 Å². The number of rotatable bonds is 4. The van der Waals surface area contributed by atoms with Crippen molar-refractivity contribution in [1.29, 1.82) is 0 Å². The lowest BCUT2D eigenvalue weighted by molar-refractivity contribution is -0.113. The van der Waals surface area contributed by atoms with E-state index in [1.807, 2.05) is 31.2 Å². The van der Waals surface area contributed by atoms with Crippen LogP contribution in [-0.4, -0.2) is 11.7 Å². The lowest BCUT2D eigenvalue weighted by Gasteiger charge is -2.08. The molecule has 0 spiro atoms. The van der Waals surface area contributed by atoms with Gasteiger partial charge < -0.3 is 5.32 Å². The number of benzene rings is 2. The van der Waals surface area contributed by atoms with Crippen molar-refractivity contribution in [3.63, 3.8) is 0 Å². The molecule has 2 aromatic rings. The molecule has 0 saturated carbocycles. The van der Waals surface area contributed by atoms with E-state index in [-0.39, 0.29) is 5.91 Å². The van der Waals surface area contributed by atoms with E-state index in [2.05, 4.69) is 5.32 Å². The minimum absolute atomic E-state index is 0.109. The van der Waals surface area contributed by atoms with E-state index in [4.69, 9.17) is 23.2 Å². The summed E-state index contributed by atoms with van der Waals surface area (Å²) in [6.07, 6.45) is 0. The summed E-state index contributed by atoms with van der Waals surface area (Å²) in [5.74, 6) is 0.218. The number of carbonyl (C=O) groups excluding carboxylic acids is 1. The van der Waals surface area contributed by atoms with Gasteiger partial charge in [-0.2, -0.15) is 0 Å². The highest BCUT2D eigenvalue weighted by molar-refractivity contribution is 8.00. The predicted molar refractivity (Wildman–Crippen MR) is 87.0 cm³/mol. The van der Waals surface area contributed by atoms with Crippen molar-refractivity contribution in [3.8, 4) is 0 Å². The van der Waals surface area contributed by atoms with E-state index in [1.54, 1.807) is 18.2 Å². The normalized spacial score (nSPS) is 10.3. The van der Waals surface area contributed by atoms with Crippen molar-refractivity contribution in [2.45, 2.75) is 11.8 Å². The molecule has 0 fully saturated rings. The standard InChI is InChI=1S/C15H13Cl2NOS/c1-10-5-2-3-8-13(10)20-9-14(19)18-12-7-4-6-11(16)15(12)17/h2-8H,9H2,1H3,(H,18,19). The smallest absolute Gasteiger partial charge is 0.234 e. The van der Waals surface area contributed by atoms with Gasteiger partial charge in [0.25, 0.3) is 0 Å². The highest BCUT2D eigenvalue weighted by atomic mass is 35.5. The molecule has 104 valence electrons. The van der Waals surface area contributed by atoms with Crippen LogP contribution in [0.3, 0.4) is 0 Å². The molecule has 1 N–H and O–H groups in total. The first kappa shape index (κ1) is 15.2. The molecule has 0 bridgehead atoms. The van der Waals surface area contributed by atoms with Crippen LogP contribution in [0.2, 0.25) is 10.0 Å². The Hall–Kier alpha value is -1.16. The zero-order valence-electron chi connectivity index (χ0n) is 10.8. The highest BCUT2D eigenvalue weighted by Gasteiger charge is 2.09. The van der Waals surface area contributed by atoms with Crippen LogP contribution in [0.15, 0.2) is 47.4 Å². The van der Waals surface area contributed by atoms with Crippen molar-refractivity contribution in [1.82, 2.24) is 0 Å². The number of thioether (sulfide) groups is 1. The summed E-state index contributed by atoms with van der Waals surface area (Å²) >= 11 is 13.4. The fraction of sp³-hybridized carbons (Fsp3) is 0.133. The zero-order valence-corrected chi connectivity index (χ0v) is 13.1. The Morgan fingerprint density at radius 2 is 1.90 bits per heavy atom. The summed E-state index contributed by atoms with van der Waals surface area (Å²) in [5, 5.41) is 3.56. The molecule has 2 nitrogen and oxygen atoms in total. The number of anilines is 1. The van der Waals surface area contributed by atoms with E-state index < -0.39 is 0 Å². The van der Waals surface area contributed by atoms with Crippen molar-refractivity contribution in [2.75, 3.05) is 11.1 Å². The molecular weight excluding hydrogens is 313 g/mol. The average Bonchev–Trinajstić information content (AvgIpc) is 2.43. The summed E-state index contributed by atoms with van der Waals surface area (Å²) < 4.78 is 0. The van der Waals surface area contributed by atoms with Gasteiger partial charge in [-0.3, -0.25) is 4.79 Å². The third kappa shape index (κ3) is 3.92. The van der Waals surface area contributed by atoms with E-state index >= 15 is 0 Å². The number of carbonyl (C=O) groups is 1. The monoisotopic (exact) mass is 325 g/mol. The van der Waals surface area contributed by atoms with Crippen molar-refractivity contribution in [3.05, 3.63) is 58.1 Å². The molecule has 1 amide bonds. The van der Waals surface area contributed by atoms with Gasteiger partial charge in [-0.1, -0.05) is 47.5 Å². The van der Waals surface area contributed by atoms with Gasteiger partial charge in [-0.05, 0) is 30.7 Å². The summed E-state index contributed by atoms with van der Waals surface area (Å²) in [7, 11) is 0. The summed E-state index contributed by atoms with van der Waals surface area (Å²) in [5.41, 5.74) is 1.70. The Bertz CT molecular complexity index is 631. The number of hydrogen-bond donors (Lipinski definition) is 1. The molecule has 20 heavy (non-hydrogen) atoms. The Labute approximate surface area is 132 Å². The predicted octanol–water partition coefficient (Wildman–Crippen LogP) is 5.03. The molecule has 0 unspecified atom stereocenters. The first-order valence-corrected chi connectivity index (χ1v) is 7.74. The Morgan fingerprint density at radius 3 is 2.65 bits per heavy atom. The number of aryl methyl sites for hydroxylation is 1. The quantitative estimate of drug-likeness (QED) is 0.798. The van der Waals surface area contributed by atoms with Crippen LogP contribution in [0.5, 0.6) is 0 Å². The zero-order chi connectivity index (χ0) is 14.5. The maximum Gasteiger partial charge on any atom is 0.234 e. The minimum atomic E-state index is -0.109. The van der Waals surface area contributed by atoms with Gasteiger partial charge in [0, 0.05) is 4.90 Å². The second-order valence-corrected chi connectivity index (χ2v) is 6.01. The number of hydrogen-bond acceptors (Lipinski definition) is 2. The van der Waals surface area contributed by atoms with Crippen LogP contribution in [0, 0.1) is 6.92 Å². The molecule has 0 aliphatic heterocycles. The SMILES string of the molecule is Cc1ccccc1SCC(=O)Nc1cccc(Cl)c1Cl. The van der Waals surface area contributed by atoms with Crippen LogP contribution in [0.1, 0.15) is 5.56 Å². The number of nitrogens with one attached hydrogen (secondary N) is 1. The van der Waals surface area contributed by atoms with Crippen LogP contribution in [0.25, 0.3) is 0 Å². The van der Waals surface area contributed by atoms with Gasteiger partial charge >= 0.3 is 0 Å². The average molecular weight is 326 g/mol. The second kappa shape index (κ2) is 7.02. The van der Waals surface area contributed by atoms with E-state index in [9.17, 15) is 4.79 Å². The van der Waals surface area contributed by atoms with Gasteiger partial charge in [0.2, 0.25) is 5.91 Å². The Kier molecular flexibility index (Phi) is 5.35. The van der Waals surface area contributed by atoms with Gasteiger partial charge in [-0.25, -0.2) is 0 Å². The molecule has 0 heterocycles. The Balaban J connectivity index is 1.96. The minimum Gasteiger partial charge on any atom is -0.324 e. The molecule has 0 saturated heterocycles. The molecule has 0 aliphatic carbocycles. The van der Waals surface area contributed by atoms with Gasteiger partial charge in [0.1, 0.15) is 0 Å². The first-order chi connectivity index (χ1) is 9.58. The van der Waals surface area contributed by atoms with E-state index in [0.29, 0.717) is 21.5 Å². The summed E-state index contributed by atoms with van der Waals surface area (Å²) in [6.45, 7) is 2.02. The highest BCUT2D eigenvalue weighted by Crippen LogP contribution is 2.30.